The van der Waals surface area contributed by atoms with E-state index in [1.165, 1.54) is 38.2 Å². The molecule has 0 unspecified atom stereocenters. The van der Waals surface area contributed by atoms with Crippen LogP contribution in [0.25, 0.3) is 21.5 Å². The molecule has 4 rings (SSSR count). The molecule has 0 amide bonds. The van der Waals surface area contributed by atoms with E-state index < -0.39 is 0 Å². The minimum atomic E-state index is 0.622. The molecule has 4 aromatic rings. The first-order valence-corrected chi connectivity index (χ1v) is 8.90. The normalized spacial score (nSPS) is 11.2. The summed E-state index contributed by atoms with van der Waals surface area (Å²) in [6.45, 7) is 1.26. The van der Waals surface area contributed by atoms with Crippen molar-refractivity contribution in [2.45, 2.75) is 19.5 Å². The topological polar surface area (TPSA) is 9.23 Å². The van der Waals surface area contributed by atoms with Gasteiger partial charge >= 0.3 is 0 Å². The summed E-state index contributed by atoms with van der Waals surface area (Å²) in [5.74, 6) is 0. The molecule has 0 heterocycles. The number of fused-ring (bicyclic) bond motifs is 2. The van der Waals surface area contributed by atoms with E-state index in [1.807, 2.05) is 0 Å². The van der Waals surface area contributed by atoms with E-state index in [2.05, 4.69) is 86.7 Å². The lowest BCUT2D eigenvalue weighted by molar-refractivity contribution is 0.109. The van der Waals surface area contributed by atoms with Gasteiger partial charge in [0.25, 0.3) is 0 Å². The van der Waals surface area contributed by atoms with Crippen molar-refractivity contribution < 1.29 is 4.74 Å². The van der Waals surface area contributed by atoms with Crippen LogP contribution < -0.4 is 0 Å². The van der Waals surface area contributed by atoms with Crippen molar-refractivity contribution in [2.24, 2.45) is 0 Å². The van der Waals surface area contributed by atoms with E-state index in [4.69, 9.17) is 4.74 Å². The van der Waals surface area contributed by atoms with Crippen LogP contribution in [0.4, 0.5) is 0 Å². The summed E-state index contributed by atoms with van der Waals surface area (Å²) < 4.78 is 6.10. The molecule has 0 atom stereocenters. The SMILES string of the molecule is BCc1ccc(COCc2c3ccccc3cc3ccccc23)cc1. The first kappa shape index (κ1) is 15.9. The van der Waals surface area contributed by atoms with E-state index in [9.17, 15) is 0 Å². The van der Waals surface area contributed by atoms with Gasteiger partial charge in [-0.05, 0) is 38.7 Å². The summed E-state index contributed by atoms with van der Waals surface area (Å²) >= 11 is 0. The predicted molar refractivity (Wildman–Crippen MR) is 109 cm³/mol. The highest BCUT2D eigenvalue weighted by Gasteiger charge is 2.07. The Bertz CT molecular complexity index is 951. The molecule has 4 aromatic carbocycles. The number of rotatable bonds is 5. The highest BCUT2D eigenvalue weighted by Crippen LogP contribution is 2.29. The third kappa shape index (κ3) is 3.31. The van der Waals surface area contributed by atoms with Gasteiger partial charge in [-0.3, -0.25) is 0 Å². The van der Waals surface area contributed by atoms with Crippen LogP contribution in [-0.2, 0) is 24.3 Å². The lowest BCUT2D eigenvalue weighted by Gasteiger charge is -2.12. The third-order valence-electron chi connectivity index (χ3n) is 4.83. The van der Waals surface area contributed by atoms with Crippen molar-refractivity contribution in [1.82, 2.24) is 0 Å². The van der Waals surface area contributed by atoms with E-state index in [0.29, 0.717) is 13.2 Å². The van der Waals surface area contributed by atoms with Gasteiger partial charge in [-0.25, -0.2) is 0 Å². The lowest BCUT2D eigenvalue weighted by Crippen LogP contribution is -1.97. The van der Waals surface area contributed by atoms with Gasteiger partial charge in [0.2, 0.25) is 0 Å². The Kier molecular flexibility index (Phi) is 4.54. The van der Waals surface area contributed by atoms with Crippen molar-refractivity contribution in [3.05, 3.63) is 95.6 Å². The molecular weight excluding hydrogens is 303 g/mol. The Morgan fingerprint density at radius 3 is 1.80 bits per heavy atom. The molecule has 0 spiro atoms. The molecule has 0 aromatic heterocycles. The van der Waals surface area contributed by atoms with Crippen molar-refractivity contribution in [3.63, 3.8) is 0 Å². The Hall–Kier alpha value is -2.58. The second-order valence-electron chi connectivity index (χ2n) is 6.46. The molecule has 0 fully saturated rings. The number of hydrogen-bond acceptors (Lipinski definition) is 1. The molecule has 2 heteroatoms. The standard InChI is InChI=1S/C23H21BO/c24-14-17-9-11-18(12-10-17)15-25-16-23-21-7-3-1-5-19(21)13-20-6-2-4-8-22(20)23/h1-13H,14-16,24H2. The first-order valence-electron chi connectivity index (χ1n) is 8.90. The summed E-state index contributed by atoms with van der Waals surface area (Å²) in [6, 6.07) is 28.1. The molecule has 0 N–H and O–H groups in total. The molecule has 122 valence electrons. The second-order valence-corrected chi connectivity index (χ2v) is 6.46. The van der Waals surface area contributed by atoms with E-state index >= 15 is 0 Å². The van der Waals surface area contributed by atoms with Gasteiger partial charge in [0, 0.05) is 0 Å². The molecular formula is C23H21BO. The van der Waals surface area contributed by atoms with Crippen LogP contribution in [-0.4, -0.2) is 7.85 Å². The second kappa shape index (κ2) is 7.12. The molecule has 0 saturated heterocycles. The average molecular weight is 324 g/mol. The largest absolute Gasteiger partial charge is 0.372 e. The van der Waals surface area contributed by atoms with Crippen LogP contribution in [0.1, 0.15) is 16.7 Å². The average Bonchev–Trinajstić information content (AvgIpc) is 2.68. The summed E-state index contributed by atoms with van der Waals surface area (Å²) in [5, 5.41) is 5.10. The summed E-state index contributed by atoms with van der Waals surface area (Å²) in [6.07, 6.45) is 1.07. The van der Waals surface area contributed by atoms with Crippen LogP contribution in [0.3, 0.4) is 0 Å². The number of benzene rings is 4. The predicted octanol–water partition coefficient (Wildman–Crippen LogP) is 4.84. The fourth-order valence-electron chi connectivity index (χ4n) is 3.41. The van der Waals surface area contributed by atoms with Gasteiger partial charge in [-0.2, -0.15) is 0 Å². The highest BCUT2D eigenvalue weighted by atomic mass is 16.5. The zero-order valence-electron chi connectivity index (χ0n) is 14.5. The highest BCUT2D eigenvalue weighted by molar-refractivity contribution is 6.08. The summed E-state index contributed by atoms with van der Waals surface area (Å²) in [4.78, 5) is 0. The zero-order chi connectivity index (χ0) is 17.1. The molecule has 0 bridgehead atoms. The van der Waals surface area contributed by atoms with Crippen LogP contribution >= 0.6 is 0 Å². The van der Waals surface area contributed by atoms with Crippen LogP contribution in [0.5, 0.6) is 0 Å². The lowest BCUT2D eigenvalue weighted by atomic mass is 9.96. The monoisotopic (exact) mass is 324 g/mol. The maximum absolute atomic E-state index is 6.10. The van der Waals surface area contributed by atoms with Gasteiger partial charge in [-0.1, -0.05) is 84.7 Å². The molecule has 0 saturated carbocycles. The Morgan fingerprint density at radius 1 is 0.640 bits per heavy atom. The molecule has 1 nitrogen and oxygen atoms in total. The van der Waals surface area contributed by atoms with Gasteiger partial charge < -0.3 is 4.74 Å². The first-order chi connectivity index (χ1) is 12.3. The smallest absolute Gasteiger partial charge is 0.107 e. The number of ether oxygens (including phenoxy) is 1. The molecule has 0 aliphatic carbocycles. The molecule has 0 aliphatic rings. The van der Waals surface area contributed by atoms with Gasteiger partial charge in [0.05, 0.1) is 13.2 Å². The molecule has 0 radical (unpaired) electrons. The van der Waals surface area contributed by atoms with E-state index in [1.54, 1.807) is 0 Å². The fraction of sp³-hybridized carbons (Fsp3) is 0.130. The van der Waals surface area contributed by atoms with Crippen molar-refractivity contribution in [1.29, 1.82) is 0 Å². The van der Waals surface area contributed by atoms with Gasteiger partial charge in [0.1, 0.15) is 7.85 Å². The van der Waals surface area contributed by atoms with E-state index in [-0.39, 0.29) is 0 Å². The van der Waals surface area contributed by atoms with Crippen LogP contribution in [0, 0.1) is 0 Å². The molecule has 25 heavy (non-hydrogen) atoms. The quantitative estimate of drug-likeness (QED) is 0.377. The number of hydrogen-bond donors (Lipinski definition) is 0. The van der Waals surface area contributed by atoms with Crippen molar-refractivity contribution in [3.8, 4) is 0 Å². The van der Waals surface area contributed by atoms with E-state index in [0.717, 1.165) is 6.32 Å². The Morgan fingerprint density at radius 2 is 1.20 bits per heavy atom. The molecule has 0 aliphatic heterocycles. The van der Waals surface area contributed by atoms with Crippen molar-refractivity contribution >= 4 is 29.4 Å². The maximum Gasteiger partial charge on any atom is 0.107 e. The minimum absolute atomic E-state index is 0.622. The van der Waals surface area contributed by atoms with Crippen molar-refractivity contribution in [2.75, 3.05) is 0 Å². The van der Waals surface area contributed by atoms with Crippen LogP contribution in [0.15, 0.2) is 78.9 Å². The fourth-order valence-corrected chi connectivity index (χ4v) is 3.41. The van der Waals surface area contributed by atoms with Gasteiger partial charge in [-0.15, -0.1) is 0 Å². The Balaban J connectivity index is 1.62. The van der Waals surface area contributed by atoms with Gasteiger partial charge in [0.15, 0.2) is 0 Å². The van der Waals surface area contributed by atoms with Crippen LogP contribution in [0.2, 0.25) is 0 Å². The summed E-state index contributed by atoms with van der Waals surface area (Å²) in [5.41, 5.74) is 3.87. The minimum Gasteiger partial charge on any atom is -0.372 e. The third-order valence-corrected chi connectivity index (χ3v) is 4.83. The Labute approximate surface area is 149 Å². The maximum atomic E-state index is 6.10. The summed E-state index contributed by atoms with van der Waals surface area (Å²) in [7, 11) is 2.18. The zero-order valence-corrected chi connectivity index (χ0v) is 14.5.